The van der Waals surface area contributed by atoms with Crippen LogP contribution in [0.3, 0.4) is 0 Å². The fraction of sp³-hybridized carbons (Fsp3) is 1.00. The fourth-order valence-corrected chi connectivity index (χ4v) is 6.72. The molecule has 0 heterocycles. The van der Waals surface area contributed by atoms with E-state index in [0.29, 0.717) is 18.6 Å². The van der Waals surface area contributed by atoms with Gasteiger partial charge in [-0.15, -0.1) is 0 Å². The number of aliphatic hydroxyl groups excluding tert-OH is 1. The van der Waals surface area contributed by atoms with Gasteiger partial charge in [-0.25, -0.2) is 0 Å². The Labute approximate surface area is 155 Å². The van der Waals surface area contributed by atoms with E-state index in [1.165, 1.54) is 38.5 Å². The summed E-state index contributed by atoms with van der Waals surface area (Å²) < 4.78 is 6.06. The van der Waals surface area contributed by atoms with Crippen LogP contribution >= 0.6 is 0 Å². The second-order valence-electron chi connectivity index (χ2n) is 11.6. The standard InChI is InChI=1S/C22H41NO2/c1-20(2,3)14-21(4,5)23-12-19(24)13-25-15-22-9-16-6-17(10-22)8-18(7-16)11-22/h16-19,23-24H,6-15H2,1-5H3/t16?,17?,18?,19-,22?/m0/s1. The summed E-state index contributed by atoms with van der Waals surface area (Å²) in [4.78, 5) is 0. The van der Waals surface area contributed by atoms with Crippen molar-refractivity contribution in [3.05, 3.63) is 0 Å². The largest absolute Gasteiger partial charge is 0.389 e. The molecular weight excluding hydrogens is 310 g/mol. The van der Waals surface area contributed by atoms with Gasteiger partial charge in [-0.05, 0) is 87.4 Å². The van der Waals surface area contributed by atoms with E-state index in [4.69, 9.17) is 4.74 Å². The van der Waals surface area contributed by atoms with Gasteiger partial charge in [-0.3, -0.25) is 0 Å². The minimum absolute atomic E-state index is 0.0408. The highest BCUT2D eigenvalue weighted by atomic mass is 16.5. The molecule has 2 N–H and O–H groups in total. The van der Waals surface area contributed by atoms with E-state index < -0.39 is 6.10 Å². The van der Waals surface area contributed by atoms with E-state index in [1.54, 1.807) is 0 Å². The molecule has 3 heteroatoms. The maximum Gasteiger partial charge on any atom is 0.0897 e. The highest BCUT2D eigenvalue weighted by Crippen LogP contribution is 2.60. The number of hydrogen-bond acceptors (Lipinski definition) is 3. The normalized spacial score (nSPS) is 36.0. The summed E-state index contributed by atoms with van der Waals surface area (Å²) >= 11 is 0. The van der Waals surface area contributed by atoms with Crippen molar-refractivity contribution in [2.24, 2.45) is 28.6 Å². The molecule has 3 nitrogen and oxygen atoms in total. The number of β-amino-alcohol motifs (C(OH)–C–C–N with tert-alkyl or cyclic N) is 1. The summed E-state index contributed by atoms with van der Waals surface area (Å²) in [6.45, 7) is 13.2. The number of hydrogen-bond donors (Lipinski definition) is 2. The van der Waals surface area contributed by atoms with Gasteiger partial charge in [-0.2, -0.15) is 0 Å². The lowest BCUT2D eigenvalue weighted by molar-refractivity contribution is -0.105. The first-order valence-electron chi connectivity index (χ1n) is 10.6. The van der Waals surface area contributed by atoms with E-state index in [2.05, 4.69) is 39.9 Å². The van der Waals surface area contributed by atoms with Crippen molar-refractivity contribution in [1.82, 2.24) is 5.32 Å². The molecule has 0 aliphatic heterocycles. The lowest BCUT2D eigenvalue weighted by atomic mass is 9.50. The first-order valence-corrected chi connectivity index (χ1v) is 10.6. The molecule has 0 unspecified atom stereocenters. The van der Waals surface area contributed by atoms with Crippen molar-refractivity contribution in [3.8, 4) is 0 Å². The minimum Gasteiger partial charge on any atom is -0.389 e. The van der Waals surface area contributed by atoms with E-state index in [0.717, 1.165) is 30.8 Å². The van der Waals surface area contributed by atoms with Crippen molar-refractivity contribution in [1.29, 1.82) is 0 Å². The van der Waals surface area contributed by atoms with Crippen molar-refractivity contribution < 1.29 is 9.84 Å². The van der Waals surface area contributed by atoms with Crippen LogP contribution in [0.5, 0.6) is 0 Å². The maximum absolute atomic E-state index is 10.3. The van der Waals surface area contributed by atoms with Crippen molar-refractivity contribution in [2.45, 2.75) is 91.2 Å². The Balaban J connectivity index is 1.38. The predicted octanol–water partition coefficient (Wildman–Crippen LogP) is 4.38. The summed E-state index contributed by atoms with van der Waals surface area (Å²) in [6, 6.07) is 0. The lowest BCUT2D eigenvalue weighted by Crippen LogP contribution is -2.49. The van der Waals surface area contributed by atoms with Crippen LogP contribution in [0.2, 0.25) is 0 Å². The van der Waals surface area contributed by atoms with Gasteiger partial charge < -0.3 is 15.2 Å². The Morgan fingerprint density at radius 2 is 1.52 bits per heavy atom. The first kappa shape index (κ1) is 19.6. The van der Waals surface area contributed by atoms with E-state index in [1.807, 2.05) is 0 Å². The molecule has 4 bridgehead atoms. The summed E-state index contributed by atoms with van der Waals surface area (Å²) in [5.74, 6) is 2.92. The second-order valence-corrected chi connectivity index (χ2v) is 11.6. The zero-order valence-electron chi connectivity index (χ0n) is 17.2. The zero-order valence-corrected chi connectivity index (χ0v) is 17.2. The molecule has 0 radical (unpaired) electrons. The van der Waals surface area contributed by atoms with Gasteiger partial charge in [0, 0.05) is 12.1 Å². The molecule has 1 atom stereocenters. The van der Waals surface area contributed by atoms with E-state index in [-0.39, 0.29) is 11.0 Å². The molecule has 4 aliphatic rings. The van der Waals surface area contributed by atoms with E-state index >= 15 is 0 Å². The van der Waals surface area contributed by atoms with Crippen LogP contribution in [-0.2, 0) is 4.74 Å². The Morgan fingerprint density at radius 1 is 1.00 bits per heavy atom. The van der Waals surface area contributed by atoms with E-state index in [9.17, 15) is 5.11 Å². The first-order chi connectivity index (χ1) is 11.5. The van der Waals surface area contributed by atoms with Crippen LogP contribution in [-0.4, -0.2) is 36.5 Å². The van der Waals surface area contributed by atoms with Crippen molar-refractivity contribution >= 4 is 0 Å². The molecule has 4 saturated carbocycles. The van der Waals surface area contributed by atoms with Gasteiger partial charge in [-0.1, -0.05) is 20.8 Å². The SMILES string of the molecule is CC(C)(C)CC(C)(C)NC[C@H](O)COCC12CC3CC(CC(C3)C1)C2. The molecule has 0 aromatic heterocycles. The molecule has 0 amide bonds. The Bertz CT molecular complexity index is 416. The summed E-state index contributed by atoms with van der Waals surface area (Å²) in [5.41, 5.74) is 0.781. The van der Waals surface area contributed by atoms with Crippen LogP contribution in [0, 0.1) is 28.6 Å². The molecule has 4 fully saturated rings. The van der Waals surface area contributed by atoms with Crippen molar-refractivity contribution in [3.63, 3.8) is 0 Å². The molecule has 0 spiro atoms. The van der Waals surface area contributed by atoms with Gasteiger partial charge >= 0.3 is 0 Å². The molecule has 4 rings (SSSR count). The van der Waals surface area contributed by atoms with Gasteiger partial charge in [0.25, 0.3) is 0 Å². The summed E-state index contributed by atoms with van der Waals surface area (Å²) in [5, 5.41) is 13.9. The average Bonchev–Trinajstić information content (AvgIpc) is 2.41. The molecule has 146 valence electrons. The minimum atomic E-state index is -0.409. The van der Waals surface area contributed by atoms with Gasteiger partial charge in [0.05, 0.1) is 19.3 Å². The van der Waals surface area contributed by atoms with Crippen LogP contribution in [0.4, 0.5) is 0 Å². The maximum atomic E-state index is 10.3. The van der Waals surface area contributed by atoms with Crippen LogP contribution in [0.25, 0.3) is 0 Å². The molecule has 0 aromatic rings. The van der Waals surface area contributed by atoms with Crippen LogP contribution in [0.1, 0.15) is 79.6 Å². The Kier molecular flexibility index (Phi) is 5.60. The predicted molar refractivity (Wildman–Crippen MR) is 104 cm³/mol. The highest BCUT2D eigenvalue weighted by molar-refractivity contribution is 5.01. The number of aliphatic hydroxyl groups is 1. The highest BCUT2D eigenvalue weighted by Gasteiger charge is 2.50. The number of ether oxygens (including phenoxy) is 1. The Hall–Kier alpha value is -0.120. The average molecular weight is 352 g/mol. The molecule has 4 aliphatic carbocycles. The fourth-order valence-electron chi connectivity index (χ4n) is 6.72. The van der Waals surface area contributed by atoms with Gasteiger partial charge in [0.2, 0.25) is 0 Å². The number of rotatable bonds is 8. The topological polar surface area (TPSA) is 41.5 Å². The summed E-state index contributed by atoms with van der Waals surface area (Å²) in [7, 11) is 0. The lowest BCUT2D eigenvalue weighted by Gasteiger charge is -2.56. The third kappa shape index (κ3) is 5.43. The second kappa shape index (κ2) is 7.13. The third-order valence-corrected chi connectivity index (χ3v) is 6.67. The van der Waals surface area contributed by atoms with Crippen LogP contribution in [0.15, 0.2) is 0 Å². The smallest absolute Gasteiger partial charge is 0.0897 e. The zero-order chi connectivity index (χ0) is 18.3. The van der Waals surface area contributed by atoms with Crippen molar-refractivity contribution in [2.75, 3.05) is 19.8 Å². The van der Waals surface area contributed by atoms with Gasteiger partial charge in [0.15, 0.2) is 0 Å². The summed E-state index contributed by atoms with van der Waals surface area (Å²) in [6.07, 6.45) is 9.26. The molecule has 0 aromatic carbocycles. The number of nitrogens with one attached hydrogen (secondary N) is 1. The molecule has 0 saturated heterocycles. The Morgan fingerprint density at radius 3 is 2.00 bits per heavy atom. The van der Waals surface area contributed by atoms with Gasteiger partial charge in [0.1, 0.15) is 0 Å². The monoisotopic (exact) mass is 351 g/mol. The van der Waals surface area contributed by atoms with Crippen LogP contribution < -0.4 is 5.32 Å². The molecule has 25 heavy (non-hydrogen) atoms. The molecular formula is C22H41NO2. The quantitative estimate of drug-likeness (QED) is 0.682. The third-order valence-electron chi connectivity index (χ3n) is 6.67.